The Kier molecular flexibility index (Phi) is 6.08. The van der Waals surface area contributed by atoms with E-state index in [0.29, 0.717) is 0 Å². The summed E-state index contributed by atoms with van der Waals surface area (Å²) in [5, 5.41) is 17.8. The fourth-order valence-corrected chi connectivity index (χ4v) is 3.03. The minimum absolute atomic E-state index is 0.0203. The van der Waals surface area contributed by atoms with Gasteiger partial charge >= 0.3 is 11.9 Å². The lowest BCUT2D eigenvalue weighted by Gasteiger charge is -2.03. The molecule has 23 heavy (non-hydrogen) atoms. The van der Waals surface area contributed by atoms with Crippen molar-refractivity contribution in [1.29, 1.82) is 0 Å². The number of hydrogen-bond donors (Lipinski definition) is 3. The maximum atomic E-state index is 10.8. The van der Waals surface area contributed by atoms with E-state index < -0.39 is 17.4 Å². The molecule has 1 fully saturated rings. The van der Waals surface area contributed by atoms with Gasteiger partial charge < -0.3 is 15.9 Å². The van der Waals surface area contributed by atoms with E-state index >= 15 is 0 Å². The first kappa shape index (κ1) is 19.3. The molecule has 2 atom stereocenters. The maximum Gasteiger partial charge on any atom is 0.337 e. The van der Waals surface area contributed by atoms with E-state index in [1.807, 2.05) is 32.9 Å². The smallest absolute Gasteiger partial charge is 0.337 e. The zero-order valence-corrected chi connectivity index (χ0v) is 14.5. The Balaban J connectivity index is 0.000000231. The summed E-state index contributed by atoms with van der Waals surface area (Å²) in [4.78, 5) is 21.4. The van der Waals surface area contributed by atoms with Gasteiger partial charge in [0, 0.05) is 5.02 Å². The summed E-state index contributed by atoms with van der Waals surface area (Å²) in [5.74, 6) is -1.25. The van der Waals surface area contributed by atoms with Crippen LogP contribution in [-0.4, -0.2) is 22.2 Å². The monoisotopic (exact) mass is 359 g/mol. The van der Waals surface area contributed by atoms with Crippen LogP contribution in [-0.2, 0) is 4.79 Å². The van der Waals surface area contributed by atoms with Gasteiger partial charge in [-0.1, -0.05) is 49.2 Å². The number of anilines is 1. The predicted molar refractivity (Wildman–Crippen MR) is 91.0 cm³/mol. The lowest BCUT2D eigenvalue weighted by Crippen LogP contribution is -2.15. The third-order valence-corrected chi connectivity index (χ3v) is 4.90. The first-order valence-electron chi connectivity index (χ1n) is 6.94. The highest BCUT2D eigenvalue weighted by Crippen LogP contribution is 2.59. The van der Waals surface area contributed by atoms with Crippen LogP contribution in [0.15, 0.2) is 24.3 Å². The van der Waals surface area contributed by atoms with Gasteiger partial charge in [-0.2, -0.15) is 0 Å². The van der Waals surface area contributed by atoms with Crippen molar-refractivity contribution in [2.75, 3.05) is 5.73 Å². The molecule has 0 bridgehead atoms. The molecule has 2 rings (SSSR count). The number of halogens is 2. The highest BCUT2D eigenvalue weighted by Gasteiger charge is 2.63. The summed E-state index contributed by atoms with van der Waals surface area (Å²) < 4.78 is 0. The molecule has 1 aromatic carbocycles. The van der Waals surface area contributed by atoms with Gasteiger partial charge in [0.2, 0.25) is 0 Å². The summed E-state index contributed by atoms with van der Waals surface area (Å²) in [6.45, 7) is 5.83. The standard InChI is InChI=1S/C9H14O2.C7H5Cl2NO2/c1-4-5-9(8(10)11)6(2)7(9)3;8-3-1-4(7(11)12)6(9)5(10)2-3/h4-7H,1-3H3,(H,10,11);1-2H,10H2,(H,11,12). The second-order valence-electron chi connectivity index (χ2n) is 5.48. The average Bonchev–Trinajstić information content (AvgIpc) is 2.98. The van der Waals surface area contributed by atoms with Crippen molar-refractivity contribution in [2.24, 2.45) is 17.3 Å². The number of benzene rings is 1. The van der Waals surface area contributed by atoms with E-state index in [-0.39, 0.29) is 33.1 Å². The maximum absolute atomic E-state index is 10.8. The number of rotatable bonds is 3. The summed E-state index contributed by atoms with van der Waals surface area (Å²) in [6, 6.07) is 2.65. The number of carboxylic acid groups (broad SMARTS) is 2. The number of carboxylic acids is 2. The van der Waals surface area contributed by atoms with Gasteiger partial charge in [-0.15, -0.1) is 0 Å². The van der Waals surface area contributed by atoms with E-state index in [1.54, 1.807) is 0 Å². The van der Waals surface area contributed by atoms with Crippen LogP contribution < -0.4 is 5.73 Å². The van der Waals surface area contributed by atoms with Crippen LogP contribution in [0, 0.1) is 17.3 Å². The number of aromatic carboxylic acids is 1. The zero-order valence-electron chi connectivity index (χ0n) is 13.0. The number of aliphatic carboxylic acids is 1. The number of carbonyl (C=O) groups is 2. The van der Waals surface area contributed by atoms with E-state index in [1.165, 1.54) is 12.1 Å². The molecule has 1 aliphatic carbocycles. The largest absolute Gasteiger partial charge is 0.481 e. The Morgan fingerprint density at radius 3 is 2.04 bits per heavy atom. The summed E-state index contributed by atoms with van der Waals surface area (Å²) in [5.41, 5.74) is 4.92. The molecular formula is C16H19Cl2NO4. The van der Waals surface area contributed by atoms with Crippen LogP contribution in [0.3, 0.4) is 0 Å². The van der Waals surface area contributed by atoms with Crippen molar-refractivity contribution >= 4 is 40.8 Å². The molecule has 7 heteroatoms. The molecule has 0 spiro atoms. The van der Waals surface area contributed by atoms with Gasteiger partial charge in [-0.25, -0.2) is 4.79 Å². The SMILES string of the molecule is CC=CC1(C(=O)O)C(C)C1C.Nc1cc(Cl)cc(C(=O)O)c1Cl. The highest BCUT2D eigenvalue weighted by molar-refractivity contribution is 6.37. The van der Waals surface area contributed by atoms with E-state index in [9.17, 15) is 9.59 Å². The molecule has 126 valence electrons. The lowest BCUT2D eigenvalue weighted by molar-refractivity contribution is -0.142. The van der Waals surface area contributed by atoms with Crippen LogP contribution in [0.2, 0.25) is 10.0 Å². The average molecular weight is 360 g/mol. The normalized spacial score (nSPS) is 25.6. The summed E-state index contributed by atoms with van der Waals surface area (Å²) in [7, 11) is 0. The molecule has 0 aliphatic heterocycles. The minimum atomic E-state index is -1.14. The molecular weight excluding hydrogens is 341 g/mol. The number of nitrogens with two attached hydrogens (primary N) is 1. The second kappa shape index (κ2) is 7.23. The van der Waals surface area contributed by atoms with Crippen molar-refractivity contribution in [3.05, 3.63) is 39.9 Å². The van der Waals surface area contributed by atoms with Gasteiger partial charge in [0.1, 0.15) is 0 Å². The number of nitrogen functional groups attached to an aromatic ring is 1. The molecule has 0 saturated heterocycles. The molecule has 4 N–H and O–H groups in total. The second-order valence-corrected chi connectivity index (χ2v) is 6.29. The van der Waals surface area contributed by atoms with Crippen LogP contribution >= 0.6 is 23.2 Å². The fraction of sp³-hybridized carbons (Fsp3) is 0.375. The fourth-order valence-electron chi connectivity index (χ4n) is 2.61. The first-order chi connectivity index (χ1) is 10.6. The van der Waals surface area contributed by atoms with Gasteiger partial charge in [0.05, 0.1) is 21.7 Å². The van der Waals surface area contributed by atoms with Crippen molar-refractivity contribution in [2.45, 2.75) is 20.8 Å². The molecule has 2 unspecified atom stereocenters. The van der Waals surface area contributed by atoms with Crippen LogP contribution in [0.5, 0.6) is 0 Å². The Morgan fingerprint density at radius 1 is 1.22 bits per heavy atom. The molecule has 0 amide bonds. The van der Waals surface area contributed by atoms with Crippen molar-refractivity contribution < 1.29 is 19.8 Å². The third-order valence-electron chi connectivity index (χ3n) is 4.26. The van der Waals surface area contributed by atoms with Crippen molar-refractivity contribution in [3.63, 3.8) is 0 Å². The number of hydrogen-bond acceptors (Lipinski definition) is 3. The molecule has 1 aromatic rings. The van der Waals surface area contributed by atoms with Crippen molar-refractivity contribution in [1.82, 2.24) is 0 Å². The van der Waals surface area contributed by atoms with Crippen LogP contribution in [0.25, 0.3) is 0 Å². The zero-order chi connectivity index (χ0) is 17.9. The van der Waals surface area contributed by atoms with Gasteiger partial charge in [0.15, 0.2) is 0 Å². The van der Waals surface area contributed by atoms with E-state index in [0.717, 1.165) is 0 Å². The topological polar surface area (TPSA) is 101 Å². The molecule has 1 aliphatic rings. The third kappa shape index (κ3) is 3.79. The Bertz CT molecular complexity index is 650. The minimum Gasteiger partial charge on any atom is -0.481 e. The number of allylic oxidation sites excluding steroid dienone is 1. The quantitative estimate of drug-likeness (QED) is 0.554. The van der Waals surface area contributed by atoms with Crippen molar-refractivity contribution in [3.8, 4) is 0 Å². The Morgan fingerprint density at radius 2 is 1.74 bits per heavy atom. The predicted octanol–water partition coefficient (Wildman–Crippen LogP) is 4.19. The van der Waals surface area contributed by atoms with E-state index in [2.05, 4.69) is 0 Å². The lowest BCUT2D eigenvalue weighted by atomic mass is 10.0. The molecule has 0 aromatic heterocycles. The van der Waals surface area contributed by atoms with Gasteiger partial charge in [-0.3, -0.25) is 4.79 Å². The molecule has 0 radical (unpaired) electrons. The van der Waals surface area contributed by atoms with Crippen LogP contribution in [0.4, 0.5) is 5.69 Å². The van der Waals surface area contributed by atoms with Gasteiger partial charge in [-0.05, 0) is 30.9 Å². The summed E-state index contributed by atoms with van der Waals surface area (Å²) >= 11 is 11.2. The Hall–Kier alpha value is -1.72. The molecule has 0 heterocycles. The Labute approximate surface area is 144 Å². The summed E-state index contributed by atoms with van der Waals surface area (Å²) in [6.07, 6.45) is 3.64. The van der Waals surface area contributed by atoms with Gasteiger partial charge in [0.25, 0.3) is 0 Å². The molecule has 1 saturated carbocycles. The van der Waals surface area contributed by atoms with E-state index in [4.69, 9.17) is 39.1 Å². The molecule has 5 nitrogen and oxygen atoms in total. The van der Waals surface area contributed by atoms with Crippen LogP contribution in [0.1, 0.15) is 31.1 Å². The first-order valence-corrected chi connectivity index (χ1v) is 7.70. The highest BCUT2D eigenvalue weighted by atomic mass is 35.5.